The second kappa shape index (κ2) is 5.70. The van der Waals surface area contributed by atoms with Crippen molar-refractivity contribution in [3.63, 3.8) is 0 Å². The van der Waals surface area contributed by atoms with E-state index in [9.17, 15) is 9.90 Å². The Labute approximate surface area is 116 Å². The fourth-order valence-corrected chi connectivity index (χ4v) is 1.74. The molecule has 0 saturated carbocycles. The van der Waals surface area contributed by atoms with Crippen molar-refractivity contribution in [1.29, 1.82) is 0 Å². The van der Waals surface area contributed by atoms with Gasteiger partial charge in [0.15, 0.2) is 5.78 Å². The number of carbonyl (C=O) groups is 1. The number of hydrogen-bond donors (Lipinski definition) is 1. The van der Waals surface area contributed by atoms with Gasteiger partial charge in [-0.05, 0) is 45.8 Å². The molecule has 2 nitrogen and oxygen atoms in total. The number of rotatable bonds is 4. The van der Waals surface area contributed by atoms with Gasteiger partial charge in [0.1, 0.15) is 0 Å². The Morgan fingerprint density at radius 2 is 1.47 bits per heavy atom. The van der Waals surface area contributed by atoms with Crippen molar-refractivity contribution >= 4 is 11.4 Å². The lowest BCUT2D eigenvalue weighted by Gasteiger charge is -2.24. The van der Waals surface area contributed by atoms with Crippen LogP contribution >= 0.6 is 0 Å². The predicted octanol–water partition coefficient (Wildman–Crippen LogP) is 4.09. The van der Waals surface area contributed by atoms with Crippen molar-refractivity contribution in [1.82, 2.24) is 0 Å². The van der Waals surface area contributed by atoms with Gasteiger partial charge < -0.3 is 5.11 Å². The highest BCUT2D eigenvalue weighted by molar-refractivity contribution is 5.98. The number of allylic oxidation sites excluding steroid dienone is 2. The first kappa shape index (κ1) is 15.6. The SMILES string of the molecule is CC(C)=C(C)c1ccc(C(=O)C(C)C(C)(C)O)cc1. The number of aliphatic hydroxyl groups is 1. The summed E-state index contributed by atoms with van der Waals surface area (Å²) >= 11 is 0. The van der Waals surface area contributed by atoms with Crippen molar-refractivity contribution in [2.75, 3.05) is 0 Å². The third kappa shape index (κ3) is 3.77. The molecule has 1 aromatic rings. The van der Waals surface area contributed by atoms with E-state index in [0.717, 1.165) is 5.56 Å². The summed E-state index contributed by atoms with van der Waals surface area (Å²) in [6, 6.07) is 7.61. The van der Waals surface area contributed by atoms with E-state index in [0.29, 0.717) is 5.56 Å². The molecule has 0 aliphatic carbocycles. The summed E-state index contributed by atoms with van der Waals surface area (Å²) in [5.41, 5.74) is 3.29. The van der Waals surface area contributed by atoms with E-state index in [4.69, 9.17) is 0 Å². The molecule has 0 saturated heterocycles. The third-order valence-electron chi connectivity index (χ3n) is 3.81. The molecule has 0 spiro atoms. The van der Waals surface area contributed by atoms with Crippen LogP contribution in [-0.2, 0) is 0 Å². The molecular weight excluding hydrogens is 236 g/mol. The van der Waals surface area contributed by atoms with E-state index in [-0.39, 0.29) is 5.78 Å². The highest BCUT2D eigenvalue weighted by Gasteiger charge is 2.29. The quantitative estimate of drug-likeness (QED) is 0.828. The van der Waals surface area contributed by atoms with Crippen LogP contribution in [0.15, 0.2) is 29.8 Å². The van der Waals surface area contributed by atoms with Crippen LogP contribution in [0.4, 0.5) is 0 Å². The molecule has 0 fully saturated rings. The van der Waals surface area contributed by atoms with E-state index >= 15 is 0 Å². The van der Waals surface area contributed by atoms with Crippen LogP contribution in [0, 0.1) is 5.92 Å². The summed E-state index contributed by atoms with van der Waals surface area (Å²) in [6.45, 7) is 11.3. The monoisotopic (exact) mass is 260 g/mol. The zero-order valence-corrected chi connectivity index (χ0v) is 12.7. The number of carbonyl (C=O) groups excluding carboxylic acids is 1. The lowest BCUT2D eigenvalue weighted by Crippen LogP contribution is -2.34. The average Bonchev–Trinajstić information content (AvgIpc) is 2.35. The zero-order valence-electron chi connectivity index (χ0n) is 12.7. The first-order valence-electron chi connectivity index (χ1n) is 6.65. The average molecular weight is 260 g/mol. The van der Waals surface area contributed by atoms with E-state index in [1.54, 1.807) is 20.8 Å². The van der Waals surface area contributed by atoms with Crippen molar-refractivity contribution < 1.29 is 9.90 Å². The predicted molar refractivity (Wildman–Crippen MR) is 80.2 cm³/mol. The summed E-state index contributed by atoms with van der Waals surface area (Å²) in [5, 5.41) is 9.91. The molecule has 19 heavy (non-hydrogen) atoms. The Balaban J connectivity index is 3.01. The topological polar surface area (TPSA) is 37.3 Å². The first-order chi connectivity index (χ1) is 8.64. The van der Waals surface area contributed by atoms with Crippen LogP contribution in [0.3, 0.4) is 0 Å². The van der Waals surface area contributed by atoms with Gasteiger partial charge >= 0.3 is 0 Å². The second-order valence-electron chi connectivity index (χ2n) is 5.94. The largest absolute Gasteiger partial charge is 0.390 e. The highest BCUT2D eigenvalue weighted by atomic mass is 16.3. The van der Waals surface area contributed by atoms with Crippen LogP contribution in [0.25, 0.3) is 5.57 Å². The van der Waals surface area contributed by atoms with E-state index < -0.39 is 11.5 Å². The van der Waals surface area contributed by atoms with Crippen LogP contribution in [0.5, 0.6) is 0 Å². The van der Waals surface area contributed by atoms with Crippen LogP contribution in [-0.4, -0.2) is 16.5 Å². The van der Waals surface area contributed by atoms with Crippen LogP contribution in [0.1, 0.15) is 57.5 Å². The third-order valence-corrected chi connectivity index (χ3v) is 3.81. The minimum Gasteiger partial charge on any atom is -0.390 e. The molecule has 1 rings (SSSR count). The highest BCUT2D eigenvalue weighted by Crippen LogP contribution is 2.23. The van der Waals surface area contributed by atoms with E-state index in [1.807, 2.05) is 24.3 Å². The standard InChI is InChI=1S/C17H24O2/c1-11(2)12(3)14-7-9-15(10-8-14)16(18)13(4)17(5,6)19/h7-10,13,19H,1-6H3. The number of Topliss-reactive ketones (excluding diaryl/α,β-unsaturated/α-hetero) is 1. The van der Waals surface area contributed by atoms with Gasteiger partial charge in [0.2, 0.25) is 0 Å². The zero-order chi connectivity index (χ0) is 14.8. The van der Waals surface area contributed by atoms with Gasteiger partial charge in [-0.25, -0.2) is 0 Å². The van der Waals surface area contributed by atoms with Gasteiger partial charge in [0.05, 0.1) is 5.60 Å². The number of benzene rings is 1. The van der Waals surface area contributed by atoms with Crippen molar-refractivity contribution in [2.45, 2.75) is 47.1 Å². The molecule has 1 atom stereocenters. The summed E-state index contributed by atoms with van der Waals surface area (Å²) in [4.78, 5) is 12.2. The first-order valence-corrected chi connectivity index (χ1v) is 6.65. The Kier molecular flexibility index (Phi) is 4.70. The van der Waals surface area contributed by atoms with Gasteiger partial charge in [-0.15, -0.1) is 0 Å². The van der Waals surface area contributed by atoms with Gasteiger partial charge in [0.25, 0.3) is 0 Å². The molecule has 0 aliphatic heterocycles. The molecule has 0 amide bonds. The lowest BCUT2D eigenvalue weighted by molar-refractivity contribution is 0.0252. The minimum atomic E-state index is -0.994. The molecule has 0 radical (unpaired) electrons. The fraction of sp³-hybridized carbons (Fsp3) is 0.471. The van der Waals surface area contributed by atoms with Crippen LogP contribution < -0.4 is 0 Å². The fourth-order valence-electron chi connectivity index (χ4n) is 1.74. The number of hydrogen-bond acceptors (Lipinski definition) is 2. The Morgan fingerprint density at radius 3 is 1.84 bits per heavy atom. The van der Waals surface area contributed by atoms with Gasteiger partial charge in [0, 0.05) is 11.5 Å². The Hall–Kier alpha value is -1.41. The lowest BCUT2D eigenvalue weighted by atomic mass is 9.85. The second-order valence-corrected chi connectivity index (χ2v) is 5.94. The van der Waals surface area contributed by atoms with Crippen molar-refractivity contribution in [2.24, 2.45) is 5.92 Å². The van der Waals surface area contributed by atoms with Gasteiger partial charge in [-0.1, -0.05) is 36.8 Å². The molecular formula is C17H24O2. The molecule has 2 heteroatoms. The Morgan fingerprint density at radius 1 is 1.05 bits per heavy atom. The molecule has 1 aromatic carbocycles. The van der Waals surface area contributed by atoms with Crippen LogP contribution in [0.2, 0.25) is 0 Å². The van der Waals surface area contributed by atoms with E-state index in [1.165, 1.54) is 11.1 Å². The normalized spacial score (nSPS) is 13.0. The maximum atomic E-state index is 12.2. The molecule has 0 aliphatic rings. The van der Waals surface area contributed by atoms with Gasteiger partial charge in [-0.2, -0.15) is 0 Å². The molecule has 0 aromatic heterocycles. The maximum Gasteiger partial charge on any atom is 0.168 e. The summed E-state index contributed by atoms with van der Waals surface area (Å²) in [6.07, 6.45) is 0. The van der Waals surface area contributed by atoms with Crippen molar-refractivity contribution in [3.05, 3.63) is 41.0 Å². The number of ketones is 1. The Bertz CT molecular complexity index is 483. The summed E-state index contributed by atoms with van der Waals surface area (Å²) in [5.74, 6) is -0.434. The van der Waals surface area contributed by atoms with E-state index in [2.05, 4.69) is 20.8 Å². The van der Waals surface area contributed by atoms with Gasteiger partial charge in [-0.3, -0.25) is 4.79 Å². The van der Waals surface area contributed by atoms with Crippen molar-refractivity contribution in [3.8, 4) is 0 Å². The summed E-state index contributed by atoms with van der Waals surface area (Å²) < 4.78 is 0. The molecule has 1 N–H and O–H groups in total. The molecule has 104 valence electrons. The maximum absolute atomic E-state index is 12.2. The molecule has 0 bridgehead atoms. The smallest absolute Gasteiger partial charge is 0.168 e. The minimum absolute atomic E-state index is 0.0195. The molecule has 0 heterocycles. The summed E-state index contributed by atoms with van der Waals surface area (Å²) in [7, 11) is 0. The molecule has 1 unspecified atom stereocenters.